The van der Waals surface area contributed by atoms with Gasteiger partial charge in [-0.05, 0) is 24.6 Å². The molecule has 0 unspecified atom stereocenters. The molecule has 0 radical (unpaired) electrons. The third-order valence-electron chi connectivity index (χ3n) is 3.61. The Morgan fingerprint density at radius 1 is 1.44 bits per heavy atom. The average molecular weight is 392 g/mol. The number of nitrogens with zero attached hydrogens (tertiary/aromatic N) is 1. The molecular weight excluding hydrogens is 377 g/mol. The van der Waals surface area contributed by atoms with Crippen LogP contribution in [-0.4, -0.2) is 32.5 Å². The molecule has 1 aromatic carbocycles. The summed E-state index contributed by atoms with van der Waals surface area (Å²) in [4.78, 5) is 11.3. The third-order valence-corrected chi connectivity index (χ3v) is 5.81. The highest BCUT2D eigenvalue weighted by Crippen LogP contribution is 2.57. The molecule has 136 valence electrons. The minimum Gasteiger partial charge on any atom is -0.502 e. The molecule has 1 saturated heterocycles. The van der Waals surface area contributed by atoms with Crippen LogP contribution in [-0.2, 0) is 4.79 Å². The summed E-state index contributed by atoms with van der Waals surface area (Å²) in [6.07, 6.45) is 0.480. The molecule has 3 rings (SSSR count). The second kappa shape index (κ2) is 6.41. The summed E-state index contributed by atoms with van der Waals surface area (Å²) in [6, 6.07) is 3.74. The van der Waals surface area contributed by atoms with Crippen LogP contribution in [0.3, 0.4) is 0 Å². The van der Waals surface area contributed by atoms with Gasteiger partial charge in [0.15, 0.2) is 5.76 Å². The van der Waals surface area contributed by atoms with E-state index in [1.807, 2.05) is 0 Å². The molecule has 1 aliphatic heterocycles. The first-order chi connectivity index (χ1) is 11.7. The van der Waals surface area contributed by atoms with Crippen LogP contribution in [0.4, 0.5) is 10.3 Å². The Morgan fingerprint density at radius 2 is 2.16 bits per heavy atom. The fourth-order valence-electron chi connectivity index (χ4n) is 2.52. The molecule has 25 heavy (non-hydrogen) atoms. The van der Waals surface area contributed by atoms with E-state index in [1.165, 1.54) is 12.1 Å². The molecule has 0 atom stereocenters. The van der Waals surface area contributed by atoms with E-state index in [-0.39, 0.29) is 40.3 Å². The van der Waals surface area contributed by atoms with Crippen LogP contribution in [0.15, 0.2) is 22.6 Å². The van der Waals surface area contributed by atoms with Crippen LogP contribution < -0.4 is 9.04 Å². The van der Waals surface area contributed by atoms with E-state index in [9.17, 15) is 23.4 Å². The Bertz CT molecular complexity index is 840. The number of hydrogen-bond donors (Lipinski definition) is 3. The molecule has 1 aromatic heterocycles. The standard InChI is InChI=1S/C15H15ClFNO6S/c1-8(19)23-14-12(20)13(9-3-4-10(16)11(17)7-9)24-15(14)18-5-2-6-25(18,21)22/h3-4,7,20-22H,2,5-6H2,1H3. The number of furan rings is 1. The Labute approximate surface area is 149 Å². The predicted octanol–water partition coefficient (Wildman–Crippen LogP) is 4.25. The summed E-state index contributed by atoms with van der Waals surface area (Å²) < 4.78 is 45.6. The summed E-state index contributed by atoms with van der Waals surface area (Å²) in [5.74, 6) is -2.61. The summed E-state index contributed by atoms with van der Waals surface area (Å²) in [5, 5.41) is 10.3. The van der Waals surface area contributed by atoms with Gasteiger partial charge in [-0.25, -0.2) is 8.70 Å². The average Bonchev–Trinajstić information content (AvgIpc) is 3.02. The first-order valence-corrected chi connectivity index (χ1v) is 9.29. The van der Waals surface area contributed by atoms with E-state index in [0.717, 1.165) is 17.3 Å². The highest BCUT2D eigenvalue weighted by molar-refractivity contribution is 8.25. The van der Waals surface area contributed by atoms with Crippen molar-refractivity contribution in [2.24, 2.45) is 0 Å². The van der Waals surface area contributed by atoms with Crippen LogP contribution >= 0.6 is 22.4 Å². The van der Waals surface area contributed by atoms with Crippen LogP contribution in [0.25, 0.3) is 11.3 Å². The first-order valence-electron chi connectivity index (χ1n) is 7.24. The molecule has 1 aliphatic rings. The zero-order valence-corrected chi connectivity index (χ0v) is 14.6. The highest BCUT2D eigenvalue weighted by atomic mass is 35.5. The maximum absolute atomic E-state index is 13.7. The normalized spacial score (nSPS) is 17.6. The second-order valence-electron chi connectivity index (χ2n) is 5.43. The van der Waals surface area contributed by atoms with Gasteiger partial charge in [0.1, 0.15) is 5.82 Å². The molecule has 0 bridgehead atoms. The molecule has 0 amide bonds. The molecule has 2 heterocycles. The molecule has 10 heteroatoms. The zero-order valence-electron chi connectivity index (χ0n) is 13.0. The van der Waals surface area contributed by atoms with E-state index in [1.54, 1.807) is 0 Å². The largest absolute Gasteiger partial charge is 0.502 e. The van der Waals surface area contributed by atoms with Gasteiger partial charge < -0.3 is 14.3 Å². The van der Waals surface area contributed by atoms with Gasteiger partial charge in [0.2, 0.25) is 11.5 Å². The van der Waals surface area contributed by atoms with Crippen molar-refractivity contribution in [3.8, 4) is 22.8 Å². The quantitative estimate of drug-likeness (QED) is 0.672. The number of rotatable bonds is 3. The molecule has 0 spiro atoms. The van der Waals surface area contributed by atoms with Gasteiger partial charge in [-0.2, -0.15) is 0 Å². The number of aromatic hydroxyl groups is 1. The van der Waals surface area contributed by atoms with Crippen LogP contribution in [0.5, 0.6) is 11.5 Å². The number of hydrogen-bond acceptors (Lipinski definition) is 7. The van der Waals surface area contributed by atoms with E-state index >= 15 is 0 Å². The van der Waals surface area contributed by atoms with Crippen molar-refractivity contribution < 1.29 is 32.6 Å². The molecule has 7 nitrogen and oxygen atoms in total. The number of carbonyl (C=O) groups excluding carboxylic acids is 1. The maximum atomic E-state index is 13.7. The minimum atomic E-state index is -3.16. The van der Waals surface area contributed by atoms with Crippen molar-refractivity contribution in [3.05, 3.63) is 29.0 Å². The number of ether oxygens (including phenoxy) is 1. The third kappa shape index (κ3) is 3.28. The topological polar surface area (TPSA) is 103 Å². The SMILES string of the molecule is CC(=O)Oc1c(N2CCCS2(O)O)oc(-c2ccc(Cl)c(F)c2)c1O. The van der Waals surface area contributed by atoms with Crippen molar-refractivity contribution in [1.29, 1.82) is 0 Å². The number of benzene rings is 1. The van der Waals surface area contributed by atoms with E-state index in [0.29, 0.717) is 6.42 Å². The van der Waals surface area contributed by atoms with Crippen molar-refractivity contribution >= 4 is 34.2 Å². The van der Waals surface area contributed by atoms with Gasteiger partial charge in [0, 0.05) is 19.0 Å². The van der Waals surface area contributed by atoms with Crippen molar-refractivity contribution in [1.82, 2.24) is 0 Å². The maximum Gasteiger partial charge on any atom is 0.308 e. The van der Waals surface area contributed by atoms with Crippen molar-refractivity contribution in [2.45, 2.75) is 13.3 Å². The summed E-state index contributed by atoms with van der Waals surface area (Å²) in [5.41, 5.74) is 0.148. The van der Waals surface area contributed by atoms with Gasteiger partial charge in [-0.1, -0.05) is 11.6 Å². The lowest BCUT2D eigenvalue weighted by Crippen LogP contribution is -2.22. The van der Waals surface area contributed by atoms with E-state index in [2.05, 4.69) is 0 Å². The van der Waals surface area contributed by atoms with Gasteiger partial charge >= 0.3 is 5.97 Å². The van der Waals surface area contributed by atoms with Gasteiger partial charge in [-0.3, -0.25) is 13.9 Å². The number of esters is 1. The number of anilines is 1. The lowest BCUT2D eigenvalue weighted by molar-refractivity contribution is -0.132. The van der Waals surface area contributed by atoms with Gasteiger partial charge in [0.05, 0.1) is 10.8 Å². The minimum absolute atomic E-state index is 0.107. The predicted molar refractivity (Wildman–Crippen MR) is 91.8 cm³/mol. The molecule has 1 fully saturated rings. The summed E-state index contributed by atoms with van der Waals surface area (Å²) >= 11 is 5.65. The number of halogens is 2. The summed E-state index contributed by atoms with van der Waals surface area (Å²) in [6.45, 7) is 1.36. The molecule has 2 aromatic rings. The molecular formula is C15H15ClFNO6S. The fraction of sp³-hybridized carbons (Fsp3) is 0.267. The molecule has 0 aliphatic carbocycles. The molecule has 0 saturated carbocycles. The van der Waals surface area contributed by atoms with Crippen molar-refractivity contribution in [2.75, 3.05) is 16.6 Å². The number of carbonyl (C=O) groups is 1. The second-order valence-corrected chi connectivity index (χ2v) is 7.95. The lowest BCUT2D eigenvalue weighted by Gasteiger charge is -2.36. The smallest absolute Gasteiger partial charge is 0.308 e. The lowest BCUT2D eigenvalue weighted by atomic mass is 10.1. The van der Waals surface area contributed by atoms with E-state index in [4.69, 9.17) is 20.8 Å². The van der Waals surface area contributed by atoms with Gasteiger partial charge in [0.25, 0.3) is 5.88 Å². The Morgan fingerprint density at radius 3 is 2.72 bits per heavy atom. The molecule has 3 N–H and O–H groups in total. The van der Waals surface area contributed by atoms with Crippen LogP contribution in [0.2, 0.25) is 5.02 Å². The highest BCUT2D eigenvalue weighted by Gasteiger charge is 2.37. The first kappa shape index (κ1) is 17.9. The van der Waals surface area contributed by atoms with Crippen LogP contribution in [0, 0.1) is 5.82 Å². The summed E-state index contributed by atoms with van der Waals surface area (Å²) in [7, 11) is -3.16. The van der Waals surface area contributed by atoms with Gasteiger partial charge in [-0.15, -0.1) is 10.8 Å². The van der Waals surface area contributed by atoms with E-state index < -0.39 is 28.3 Å². The fourth-order valence-corrected chi connectivity index (χ4v) is 4.18. The monoisotopic (exact) mass is 391 g/mol. The van der Waals surface area contributed by atoms with Crippen LogP contribution in [0.1, 0.15) is 13.3 Å². The Kier molecular flexibility index (Phi) is 4.58. The Balaban J connectivity index is 2.14. The Hall–Kier alpha value is -1.94. The van der Waals surface area contributed by atoms with Crippen molar-refractivity contribution in [3.63, 3.8) is 0 Å². The zero-order chi connectivity index (χ0) is 18.4.